The molecule has 2 N–H and O–H groups in total. The molecule has 0 spiro atoms. The van der Waals surface area contributed by atoms with E-state index in [0.29, 0.717) is 19.6 Å². The lowest BCUT2D eigenvalue weighted by Crippen LogP contribution is -2.55. The number of piperazine rings is 1. The van der Waals surface area contributed by atoms with Crippen molar-refractivity contribution in [1.82, 2.24) is 25.3 Å². The molecule has 2 aromatic rings. The van der Waals surface area contributed by atoms with Gasteiger partial charge in [0.1, 0.15) is 6.54 Å². The topological polar surface area (TPSA) is 77.8 Å². The number of rotatable bonds is 7. The molecule has 0 radical (unpaired) electrons. The number of nitrogens with zero attached hydrogens (tertiary/aromatic N) is 5. The molecule has 1 fully saturated rings. The Kier molecular flexibility index (Phi) is 9.50. The van der Waals surface area contributed by atoms with Crippen LogP contribution >= 0.6 is 24.0 Å². The van der Waals surface area contributed by atoms with Crippen LogP contribution in [0.3, 0.4) is 0 Å². The van der Waals surface area contributed by atoms with Crippen molar-refractivity contribution in [2.24, 2.45) is 12.0 Å². The molecular weight excluding hydrogens is 517 g/mol. The SMILES string of the molecule is CCNC(=NCC(C)(C)NC(C)c1ccccc1)N1CCN(c2cnn(C)c2)C(=O)C1.I. The summed E-state index contributed by atoms with van der Waals surface area (Å²) in [6.07, 6.45) is 3.60. The lowest BCUT2D eigenvalue weighted by atomic mass is 10.0. The number of guanidine groups is 1. The highest BCUT2D eigenvalue weighted by atomic mass is 127. The van der Waals surface area contributed by atoms with Crippen molar-refractivity contribution in [3.63, 3.8) is 0 Å². The minimum absolute atomic E-state index is 0. The Morgan fingerprint density at radius 2 is 1.97 bits per heavy atom. The van der Waals surface area contributed by atoms with Crippen LogP contribution in [0.15, 0.2) is 47.7 Å². The van der Waals surface area contributed by atoms with Crippen molar-refractivity contribution >= 4 is 41.5 Å². The van der Waals surface area contributed by atoms with Crippen molar-refractivity contribution in [2.75, 3.05) is 37.6 Å². The molecule has 0 aliphatic carbocycles. The summed E-state index contributed by atoms with van der Waals surface area (Å²) < 4.78 is 1.71. The number of nitrogens with one attached hydrogen (secondary N) is 2. The van der Waals surface area contributed by atoms with Gasteiger partial charge in [0.25, 0.3) is 0 Å². The summed E-state index contributed by atoms with van der Waals surface area (Å²) in [6.45, 7) is 11.5. The molecule has 1 aromatic heterocycles. The summed E-state index contributed by atoms with van der Waals surface area (Å²) in [5.41, 5.74) is 1.90. The zero-order valence-electron chi connectivity index (χ0n) is 19.7. The van der Waals surface area contributed by atoms with E-state index in [-0.39, 0.29) is 41.5 Å². The average molecular weight is 553 g/mol. The van der Waals surface area contributed by atoms with Gasteiger partial charge in [-0.25, -0.2) is 0 Å². The number of carbonyl (C=O) groups is 1. The van der Waals surface area contributed by atoms with Crippen LogP contribution in [0.4, 0.5) is 5.69 Å². The number of aliphatic imine (C=N–C) groups is 1. The summed E-state index contributed by atoms with van der Waals surface area (Å²) in [5.74, 6) is 0.837. The van der Waals surface area contributed by atoms with Gasteiger partial charge in [0.05, 0.1) is 18.4 Å². The van der Waals surface area contributed by atoms with Gasteiger partial charge < -0.3 is 20.4 Å². The van der Waals surface area contributed by atoms with Crippen molar-refractivity contribution in [3.8, 4) is 0 Å². The highest BCUT2D eigenvalue weighted by Crippen LogP contribution is 2.18. The monoisotopic (exact) mass is 553 g/mol. The molecule has 1 aliphatic rings. The zero-order chi connectivity index (χ0) is 22.4. The van der Waals surface area contributed by atoms with Crippen molar-refractivity contribution in [3.05, 3.63) is 48.3 Å². The highest BCUT2D eigenvalue weighted by Gasteiger charge is 2.28. The largest absolute Gasteiger partial charge is 0.357 e. The summed E-state index contributed by atoms with van der Waals surface area (Å²) in [6, 6.07) is 10.6. The number of aromatic nitrogens is 2. The third kappa shape index (κ3) is 6.93. The Balaban J connectivity index is 0.00000363. The van der Waals surface area contributed by atoms with E-state index in [4.69, 9.17) is 4.99 Å². The molecule has 1 saturated heterocycles. The quantitative estimate of drug-likeness (QED) is 0.314. The van der Waals surface area contributed by atoms with Crippen LogP contribution in [-0.4, -0.2) is 64.8 Å². The summed E-state index contributed by atoms with van der Waals surface area (Å²) >= 11 is 0. The van der Waals surface area contributed by atoms with Crippen LogP contribution in [0, 0.1) is 0 Å². The molecule has 9 heteroatoms. The first-order valence-corrected chi connectivity index (χ1v) is 10.9. The van der Waals surface area contributed by atoms with Crippen LogP contribution in [0.1, 0.15) is 39.3 Å². The molecule has 1 aromatic carbocycles. The van der Waals surface area contributed by atoms with Gasteiger partial charge in [0.15, 0.2) is 5.96 Å². The number of hydrogen-bond acceptors (Lipinski definition) is 4. The fourth-order valence-corrected chi connectivity index (χ4v) is 3.83. The second-order valence-corrected chi connectivity index (χ2v) is 8.67. The molecule has 1 unspecified atom stereocenters. The van der Waals surface area contributed by atoms with Gasteiger partial charge in [-0.15, -0.1) is 24.0 Å². The van der Waals surface area contributed by atoms with Gasteiger partial charge in [-0.1, -0.05) is 30.3 Å². The molecule has 3 rings (SSSR count). The fourth-order valence-electron chi connectivity index (χ4n) is 3.83. The Hall–Kier alpha value is -2.14. The molecule has 32 heavy (non-hydrogen) atoms. The molecule has 0 bridgehead atoms. The van der Waals surface area contributed by atoms with Gasteiger partial charge in [0.2, 0.25) is 5.91 Å². The predicted molar refractivity (Wildman–Crippen MR) is 141 cm³/mol. The van der Waals surface area contributed by atoms with Crippen LogP contribution in [0.2, 0.25) is 0 Å². The summed E-state index contributed by atoms with van der Waals surface area (Å²) in [7, 11) is 1.86. The van der Waals surface area contributed by atoms with Gasteiger partial charge in [-0.2, -0.15) is 5.10 Å². The molecule has 8 nitrogen and oxygen atoms in total. The third-order valence-corrected chi connectivity index (χ3v) is 5.39. The fraction of sp³-hybridized carbons (Fsp3) is 0.522. The molecule has 2 heterocycles. The normalized spacial score (nSPS) is 16.0. The predicted octanol–water partition coefficient (Wildman–Crippen LogP) is 2.78. The molecule has 0 saturated carbocycles. The molecule has 1 amide bonds. The third-order valence-electron chi connectivity index (χ3n) is 5.39. The van der Waals surface area contributed by atoms with E-state index in [1.165, 1.54) is 5.56 Å². The average Bonchev–Trinajstić information content (AvgIpc) is 3.17. The van der Waals surface area contributed by atoms with Crippen LogP contribution < -0.4 is 15.5 Å². The lowest BCUT2D eigenvalue weighted by molar-refractivity contribution is -0.120. The van der Waals surface area contributed by atoms with E-state index in [1.807, 2.05) is 31.1 Å². The molecule has 176 valence electrons. The van der Waals surface area contributed by atoms with Crippen LogP contribution in [-0.2, 0) is 11.8 Å². The lowest BCUT2D eigenvalue weighted by Gasteiger charge is -2.36. The van der Waals surface area contributed by atoms with Crippen molar-refractivity contribution in [2.45, 2.75) is 39.3 Å². The van der Waals surface area contributed by atoms with E-state index in [9.17, 15) is 4.79 Å². The summed E-state index contributed by atoms with van der Waals surface area (Å²) in [5, 5.41) is 11.2. The van der Waals surface area contributed by atoms with E-state index < -0.39 is 0 Å². The van der Waals surface area contributed by atoms with Gasteiger partial charge in [0, 0.05) is 44.5 Å². The Labute approximate surface area is 208 Å². The van der Waals surface area contributed by atoms with E-state index in [0.717, 1.165) is 24.7 Å². The van der Waals surface area contributed by atoms with Gasteiger partial charge >= 0.3 is 0 Å². The van der Waals surface area contributed by atoms with Crippen molar-refractivity contribution in [1.29, 1.82) is 0 Å². The number of anilines is 1. The highest BCUT2D eigenvalue weighted by molar-refractivity contribution is 14.0. The maximum Gasteiger partial charge on any atom is 0.246 e. The maximum absolute atomic E-state index is 12.8. The molecule has 1 aliphatic heterocycles. The minimum atomic E-state index is -0.197. The van der Waals surface area contributed by atoms with Gasteiger partial charge in [-0.3, -0.25) is 14.5 Å². The number of benzene rings is 1. The Bertz CT molecular complexity index is 897. The summed E-state index contributed by atoms with van der Waals surface area (Å²) in [4.78, 5) is 21.5. The minimum Gasteiger partial charge on any atom is -0.357 e. The molecule has 1 atom stereocenters. The zero-order valence-corrected chi connectivity index (χ0v) is 22.0. The number of aryl methyl sites for hydroxylation is 1. The van der Waals surface area contributed by atoms with E-state index in [2.05, 4.69) is 60.8 Å². The first kappa shape index (κ1) is 26.1. The Morgan fingerprint density at radius 1 is 1.25 bits per heavy atom. The van der Waals surface area contributed by atoms with E-state index in [1.54, 1.807) is 15.8 Å². The number of hydrogen-bond donors (Lipinski definition) is 2. The van der Waals surface area contributed by atoms with Crippen molar-refractivity contribution < 1.29 is 4.79 Å². The first-order chi connectivity index (χ1) is 14.8. The number of halogens is 1. The first-order valence-electron chi connectivity index (χ1n) is 10.9. The Morgan fingerprint density at radius 3 is 2.56 bits per heavy atom. The maximum atomic E-state index is 12.8. The smallest absolute Gasteiger partial charge is 0.246 e. The van der Waals surface area contributed by atoms with E-state index >= 15 is 0 Å². The number of amides is 1. The standard InChI is InChI=1S/C23H35N7O.HI/c1-6-24-22(25-17-23(3,4)27-18(2)19-10-8-7-9-11-19)29-12-13-30(21(31)16-29)20-14-26-28(5)15-20;/h7-11,14-15,18,27H,6,12-13,16-17H2,1-5H3,(H,24,25);1H. The second-order valence-electron chi connectivity index (χ2n) is 8.67. The van der Waals surface area contributed by atoms with Gasteiger partial charge in [-0.05, 0) is 33.3 Å². The second kappa shape index (κ2) is 11.6. The van der Waals surface area contributed by atoms with Crippen LogP contribution in [0.5, 0.6) is 0 Å². The van der Waals surface area contributed by atoms with Crippen LogP contribution in [0.25, 0.3) is 0 Å². The molecular formula is C23H36IN7O. The number of carbonyl (C=O) groups excluding carboxylic acids is 1.